The number of imidazole rings is 1. The van der Waals surface area contributed by atoms with E-state index in [0.717, 1.165) is 31.2 Å². The van der Waals surface area contributed by atoms with Gasteiger partial charge < -0.3 is 23.5 Å². The fraction of sp³-hybridized carbons (Fsp3) is 0.585. The van der Waals surface area contributed by atoms with Crippen LogP contribution in [0.15, 0.2) is 61.1 Å². The van der Waals surface area contributed by atoms with Gasteiger partial charge in [0.25, 0.3) is 0 Å². The van der Waals surface area contributed by atoms with Crippen molar-refractivity contribution in [1.29, 1.82) is 0 Å². The van der Waals surface area contributed by atoms with Gasteiger partial charge in [-0.15, -0.1) is 0 Å². The molecule has 49 heavy (non-hydrogen) atoms. The van der Waals surface area contributed by atoms with Crippen molar-refractivity contribution < 1.29 is 28.5 Å². The van der Waals surface area contributed by atoms with Crippen LogP contribution in [0.5, 0.6) is 11.5 Å². The molecule has 2 aromatic carbocycles. The first-order valence-corrected chi connectivity index (χ1v) is 18.0. The van der Waals surface area contributed by atoms with Crippen molar-refractivity contribution in [2.75, 3.05) is 27.4 Å². The van der Waals surface area contributed by atoms with E-state index >= 15 is 0 Å². The Morgan fingerprint density at radius 2 is 1.27 bits per heavy atom. The SMILES string of the molecule is COc1ccc(C(C(C(=O)OCC(CCC(C)C)C(C)C)C(=O)OCC(CCC(C)C)C(C)C)n2cnc(-c3ccccc3)c2)c(OC)c1. The van der Waals surface area contributed by atoms with Crippen LogP contribution in [0.4, 0.5) is 0 Å². The smallest absolute Gasteiger partial charge is 0.322 e. The third-order valence-corrected chi connectivity index (χ3v) is 9.57. The van der Waals surface area contributed by atoms with Gasteiger partial charge in [-0.2, -0.15) is 0 Å². The summed E-state index contributed by atoms with van der Waals surface area (Å²) in [6, 6.07) is 14.3. The quantitative estimate of drug-likeness (QED) is 0.0871. The predicted molar refractivity (Wildman–Crippen MR) is 196 cm³/mol. The number of hydrogen-bond acceptors (Lipinski definition) is 7. The van der Waals surface area contributed by atoms with Crippen LogP contribution in [-0.2, 0) is 19.1 Å². The molecular formula is C41H60N2O6. The minimum atomic E-state index is -1.32. The standard InChI is InChI=1S/C41H60N2O6/c1-27(2)16-18-32(29(5)6)24-48-40(44)38(41(45)49-25-33(30(7)8)19-17-28(3)4)39(35-21-20-34(46-9)22-37(35)47-10)43-23-36(42-26-43)31-14-12-11-13-15-31/h11-15,20-23,26-30,32-33,38-39H,16-19,24-25H2,1-10H3. The predicted octanol–water partition coefficient (Wildman–Crippen LogP) is 9.28. The lowest BCUT2D eigenvalue weighted by molar-refractivity contribution is -0.166. The van der Waals surface area contributed by atoms with Gasteiger partial charge in [-0.3, -0.25) is 9.59 Å². The lowest BCUT2D eigenvalue weighted by Crippen LogP contribution is -2.38. The van der Waals surface area contributed by atoms with Crippen LogP contribution in [0.2, 0.25) is 0 Å². The lowest BCUT2D eigenvalue weighted by Gasteiger charge is -2.29. The van der Waals surface area contributed by atoms with E-state index in [4.69, 9.17) is 23.9 Å². The van der Waals surface area contributed by atoms with Crippen molar-refractivity contribution in [3.63, 3.8) is 0 Å². The van der Waals surface area contributed by atoms with Crippen LogP contribution in [0.3, 0.4) is 0 Å². The molecule has 0 saturated heterocycles. The zero-order valence-electron chi connectivity index (χ0n) is 31.5. The van der Waals surface area contributed by atoms with Crippen molar-refractivity contribution in [3.05, 3.63) is 66.6 Å². The van der Waals surface area contributed by atoms with Crippen LogP contribution >= 0.6 is 0 Å². The number of hydrogen-bond donors (Lipinski definition) is 0. The normalized spacial score (nSPS) is 14.2. The first-order valence-electron chi connectivity index (χ1n) is 18.0. The van der Waals surface area contributed by atoms with E-state index < -0.39 is 23.9 Å². The molecule has 0 spiro atoms. The molecule has 0 aliphatic rings. The van der Waals surface area contributed by atoms with Crippen LogP contribution in [0.1, 0.15) is 92.7 Å². The lowest BCUT2D eigenvalue weighted by atomic mass is 9.88. The van der Waals surface area contributed by atoms with E-state index in [2.05, 4.69) is 55.4 Å². The molecule has 3 atom stereocenters. The highest BCUT2D eigenvalue weighted by Gasteiger charge is 2.42. The number of carbonyl (C=O) groups excluding carboxylic acids is 2. The molecule has 0 N–H and O–H groups in total. The van der Waals surface area contributed by atoms with E-state index in [1.165, 1.54) is 0 Å². The summed E-state index contributed by atoms with van der Waals surface area (Å²) >= 11 is 0. The Labute approximate surface area is 294 Å². The second-order valence-electron chi connectivity index (χ2n) is 14.8. The van der Waals surface area contributed by atoms with Gasteiger partial charge in [0.15, 0.2) is 5.92 Å². The van der Waals surface area contributed by atoms with Crippen LogP contribution in [-0.4, -0.2) is 48.9 Å². The molecule has 3 unspecified atom stereocenters. The Morgan fingerprint density at radius 3 is 1.73 bits per heavy atom. The second-order valence-corrected chi connectivity index (χ2v) is 14.8. The summed E-state index contributed by atoms with van der Waals surface area (Å²) in [6.07, 6.45) is 7.44. The topological polar surface area (TPSA) is 88.9 Å². The monoisotopic (exact) mass is 676 g/mol. The average Bonchev–Trinajstić information content (AvgIpc) is 3.56. The first kappa shape index (κ1) is 39.6. The molecule has 8 heteroatoms. The van der Waals surface area contributed by atoms with Crippen LogP contribution in [0.25, 0.3) is 11.3 Å². The van der Waals surface area contributed by atoms with Crippen molar-refractivity contribution in [2.45, 2.75) is 87.1 Å². The van der Waals surface area contributed by atoms with Gasteiger partial charge in [0, 0.05) is 23.4 Å². The van der Waals surface area contributed by atoms with Gasteiger partial charge in [-0.05, 0) is 60.5 Å². The van der Waals surface area contributed by atoms with Gasteiger partial charge in [0.1, 0.15) is 11.5 Å². The van der Waals surface area contributed by atoms with Gasteiger partial charge in [-0.1, -0.05) is 98.6 Å². The molecule has 0 saturated carbocycles. The van der Waals surface area contributed by atoms with Crippen molar-refractivity contribution in [2.24, 2.45) is 41.4 Å². The summed E-state index contributed by atoms with van der Waals surface area (Å²) in [7, 11) is 3.15. The largest absolute Gasteiger partial charge is 0.497 e. The number of ether oxygens (including phenoxy) is 4. The minimum Gasteiger partial charge on any atom is -0.497 e. The Kier molecular flexibility index (Phi) is 15.7. The summed E-state index contributed by atoms with van der Waals surface area (Å²) in [5, 5.41) is 0. The van der Waals surface area contributed by atoms with E-state index in [1.54, 1.807) is 37.2 Å². The summed E-state index contributed by atoms with van der Waals surface area (Å²) in [6.45, 7) is 17.8. The Bertz CT molecular complexity index is 1390. The molecule has 270 valence electrons. The molecule has 0 fully saturated rings. The summed E-state index contributed by atoms with van der Waals surface area (Å²) in [5.41, 5.74) is 2.23. The summed E-state index contributed by atoms with van der Waals surface area (Å²) < 4.78 is 25.3. The Morgan fingerprint density at radius 1 is 0.714 bits per heavy atom. The third kappa shape index (κ3) is 11.6. The number of nitrogens with zero attached hydrogens (tertiary/aromatic N) is 2. The van der Waals surface area contributed by atoms with E-state index in [9.17, 15) is 9.59 Å². The molecule has 3 aromatic rings. The molecule has 1 aromatic heterocycles. The summed E-state index contributed by atoms with van der Waals surface area (Å²) in [5.74, 6) is 0.512. The molecule has 0 aliphatic heterocycles. The highest BCUT2D eigenvalue weighted by atomic mass is 16.6. The maximum Gasteiger partial charge on any atom is 0.322 e. The van der Waals surface area contributed by atoms with Gasteiger partial charge >= 0.3 is 11.9 Å². The van der Waals surface area contributed by atoms with E-state index in [1.807, 2.05) is 42.6 Å². The van der Waals surface area contributed by atoms with E-state index in [-0.39, 0.29) is 25.0 Å². The maximum atomic E-state index is 14.4. The van der Waals surface area contributed by atoms with E-state index in [0.29, 0.717) is 46.4 Å². The number of aromatic nitrogens is 2. The summed E-state index contributed by atoms with van der Waals surface area (Å²) in [4.78, 5) is 33.5. The zero-order valence-corrected chi connectivity index (χ0v) is 31.5. The number of benzene rings is 2. The number of methoxy groups -OCH3 is 2. The molecular weight excluding hydrogens is 616 g/mol. The highest BCUT2D eigenvalue weighted by Crippen LogP contribution is 2.38. The van der Waals surface area contributed by atoms with Crippen molar-refractivity contribution in [3.8, 4) is 22.8 Å². The number of esters is 2. The highest BCUT2D eigenvalue weighted by molar-refractivity contribution is 5.96. The third-order valence-electron chi connectivity index (χ3n) is 9.57. The first-order chi connectivity index (χ1) is 23.4. The average molecular weight is 677 g/mol. The molecule has 8 nitrogen and oxygen atoms in total. The molecule has 0 aliphatic carbocycles. The molecule has 1 heterocycles. The minimum absolute atomic E-state index is 0.163. The van der Waals surface area contributed by atoms with Gasteiger partial charge in [-0.25, -0.2) is 4.98 Å². The van der Waals surface area contributed by atoms with Crippen molar-refractivity contribution in [1.82, 2.24) is 9.55 Å². The fourth-order valence-corrected chi connectivity index (χ4v) is 6.05. The van der Waals surface area contributed by atoms with Crippen LogP contribution < -0.4 is 9.47 Å². The van der Waals surface area contributed by atoms with Gasteiger partial charge in [0.05, 0.1) is 45.5 Å². The maximum absolute atomic E-state index is 14.4. The number of carbonyl (C=O) groups is 2. The van der Waals surface area contributed by atoms with Crippen LogP contribution in [0, 0.1) is 41.4 Å². The molecule has 0 amide bonds. The zero-order chi connectivity index (χ0) is 36.1. The second kappa shape index (κ2) is 19.4. The Hall–Kier alpha value is -3.81. The molecule has 0 bridgehead atoms. The Balaban J connectivity index is 2.11. The van der Waals surface area contributed by atoms with Crippen molar-refractivity contribution >= 4 is 11.9 Å². The van der Waals surface area contributed by atoms with Gasteiger partial charge in [0.2, 0.25) is 0 Å². The number of rotatable bonds is 20. The molecule has 3 rings (SSSR count). The fourth-order valence-electron chi connectivity index (χ4n) is 6.05. The molecule has 0 radical (unpaired) electrons.